The summed E-state index contributed by atoms with van der Waals surface area (Å²) in [5, 5.41) is 5.95. The molecule has 2 atom stereocenters. The average Bonchev–Trinajstić information content (AvgIpc) is 2.83. The lowest BCUT2D eigenvalue weighted by atomic mass is 9.86. The van der Waals surface area contributed by atoms with Gasteiger partial charge in [-0.2, -0.15) is 0 Å². The molecule has 1 aliphatic carbocycles. The third kappa shape index (κ3) is 2.91. The highest BCUT2D eigenvalue weighted by atomic mass is 16.2. The summed E-state index contributed by atoms with van der Waals surface area (Å²) in [6, 6.07) is 2.05. The minimum atomic E-state index is -0.165. The minimum Gasteiger partial charge on any atom is -0.335 e. The minimum absolute atomic E-state index is 0.165. The Bertz CT molecular complexity index is 693. The van der Waals surface area contributed by atoms with Crippen LogP contribution in [0.4, 0.5) is 10.6 Å². The highest BCUT2D eigenvalue weighted by Gasteiger charge is 2.23. The van der Waals surface area contributed by atoms with Crippen molar-refractivity contribution in [2.24, 2.45) is 20.0 Å². The number of nitrogens with one attached hydrogen (secondary N) is 2. The lowest BCUT2D eigenvalue weighted by Crippen LogP contribution is -2.43. The Labute approximate surface area is 130 Å². The Morgan fingerprint density at radius 3 is 2.95 bits per heavy atom. The maximum absolute atomic E-state index is 12.2. The molecule has 0 bridgehead atoms. The van der Waals surface area contributed by atoms with Gasteiger partial charge in [-0.25, -0.2) is 18.9 Å². The van der Waals surface area contributed by atoms with E-state index in [9.17, 15) is 4.79 Å². The summed E-state index contributed by atoms with van der Waals surface area (Å²) < 4.78 is 3.98. The van der Waals surface area contributed by atoms with Crippen LogP contribution in [0.25, 0.3) is 11.2 Å². The van der Waals surface area contributed by atoms with Crippen molar-refractivity contribution in [2.45, 2.75) is 38.6 Å². The van der Waals surface area contributed by atoms with Crippen molar-refractivity contribution < 1.29 is 9.36 Å². The SMILES string of the molecule is CC1CCCCC1NC(=O)Nc1c[n+](C)c2c(ccn2C)n1. The van der Waals surface area contributed by atoms with E-state index in [1.165, 1.54) is 19.3 Å². The molecule has 3 rings (SSSR count). The molecule has 0 aliphatic heterocycles. The van der Waals surface area contributed by atoms with Crippen molar-refractivity contribution in [2.75, 3.05) is 5.32 Å². The van der Waals surface area contributed by atoms with Gasteiger partial charge in [0.2, 0.25) is 0 Å². The maximum atomic E-state index is 12.2. The van der Waals surface area contributed by atoms with E-state index >= 15 is 0 Å². The zero-order valence-electron chi connectivity index (χ0n) is 13.5. The molecule has 0 radical (unpaired) electrons. The van der Waals surface area contributed by atoms with Crippen LogP contribution in [0.3, 0.4) is 0 Å². The number of aromatic nitrogens is 3. The van der Waals surface area contributed by atoms with Crippen molar-refractivity contribution in [3.63, 3.8) is 0 Å². The van der Waals surface area contributed by atoms with Gasteiger partial charge in [0.1, 0.15) is 6.20 Å². The van der Waals surface area contributed by atoms with Crippen molar-refractivity contribution in [3.8, 4) is 0 Å². The van der Waals surface area contributed by atoms with Crippen LogP contribution in [0.5, 0.6) is 0 Å². The molecule has 1 saturated carbocycles. The standard InChI is InChI=1S/C16H23N5O/c1-11-6-4-5-7-12(11)18-16(22)19-14-10-21(3)15-13(17-14)8-9-20(15)2/h8-12H,4-7H2,1-3H3,(H-,17,18,19,22)/p+1. The Hall–Kier alpha value is -2.11. The second kappa shape index (κ2) is 5.94. The number of fused-ring (bicyclic) bond motifs is 1. The summed E-state index contributed by atoms with van der Waals surface area (Å²) in [5.41, 5.74) is 1.89. The van der Waals surface area contributed by atoms with Gasteiger partial charge in [-0.05, 0) is 18.8 Å². The molecule has 6 heteroatoms. The molecule has 2 N–H and O–H groups in total. The average molecular weight is 302 g/mol. The second-order valence-corrected chi connectivity index (χ2v) is 6.34. The molecule has 2 amide bonds. The number of hydrogen-bond acceptors (Lipinski definition) is 2. The van der Waals surface area contributed by atoms with Gasteiger partial charge in [0.25, 0.3) is 0 Å². The van der Waals surface area contributed by atoms with Gasteiger partial charge in [0.05, 0.1) is 20.3 Å². The van der Waals surface area contributed by atoms with Crippen LogP contribution in [-0.4, -0.2) is 21.6 Å². The number of anilines is 1. The Morgan fingerprint density at radius 1 is 1.41 bits per heavy atom. The van der Waals surface area contributed by atoms with Crippen LogP contribution in [0.15, 0.2) is 18.5 Å². The van der Waals surface area contributed by atoms with Crippen molar-refractivity contribution >= 4 is 23.0 Å². The quantitative estimate of drug-likeness (QED) is 0.835. The zero-order valence-corrected chi connectivity index (χ0v) is 13.5. The molecule has 0 spiro atoms. The summed E-state index contributed by atoms with van der Waals surface area (Å²) in [7, 11) is 3.94. The number of rotatable bonds is 2. The topological polar surface area (TPSA) is 62.8 Å². The molecule has 2 aromatic rings. The molecule has 0 saturated heterocycles. The van der Waals surface area contributed by atoms with Crippen LogP contribution in [0, 0.1) is 5.92 Å². The fourth-order valence-electron chi connectivity index (χ4n) is 3.34. The molecule has 2 heterocycles. The van der Waals surface area contributed by atoms with Gasteiger partial charge >= 0.3 is 11.7 Å². The summed E-state index contributed by atoms with van der Waals surface area (Å²) in [4.78, 5) is 16.7. The van der Waals surface area contributed by atoms with Gasteiger partial charge in [-0.15, -0.1) is 0 Å². The first-order chi connectivity index (χ1) is 10.5. The van der Waals surface area contributed by atoms with Crippen LogP contribution < -0.4 is 15.2 Å². The zero-order chi connectivity index (χ0) is 15.7. The van der Waals surface area contributed by atoms with Crippen LogP contribution >= 0.6 is 0 Å². The predicted molar refractivity (Wildman–Crippen MR) is 85.5 cm³/mol. The van der Waals surface area contributed by atoms with E-state index in [0.717, 1.165) is 17.6 Å². The van der Waals surface area contributed by atoms with E-state index in [1.54, 1.807) is 0 Å². The normalized spacial score (nSPS) is 21.8. The van der Waals surface area contributed by atoms with Gasteiger partial charge < -0.3 is 5.32 Å². The summed E-state index contributed by atoms with van der Waals surface area (Å²) in [6.07, 6.45) is 8.51. The molecule has 2 aromatic heterocycles. The number of carbonyl (C=O) groups is 1. The maximum Gasteiger partial charge on any atom is 0.320 e. The van der Waals surface area contributed by atoms with Crippen LogP contribution in [0.2, 0.25) is 0 Å². The summed E-state index contributed by atoms with van der Waals surface area (Å²) >= 11 is 0. The molecule has 0 aromatic carbocycles. The fraction of sp³-hybridized carbons (Fsp3) is 0.562. The molecule has 22 heavy (non-hydrogen) atoms. The lowest BCUT2D eigenvalue weighted by molar-refractivity contribution is -0.647. The molecular weight excluding hydrogens is 278 g/mol. The van der Waals surface area contributed by atoms with Crippen molar-refractivity contribution in [3.05, 3.63) is 18.5 Å². The number of urea groups is 1. The molecule has 1 fully saturated rings. The lowest BCUT2D eigenvalue weighted by Gasteiger charge is -2.29. The Kier molecular flexibility index (Phi) is 4.00. The van der Waals surface area contributed by atoms with Crippen molar-refractivity contribution in [1.29, 1.82) is 0 Å². The number of hydrogen-bond donors (Lipinski definition) is 2. The number of nitrogens with zero attached hydrogens (tertiary/aromatic N) is 3. The third-order valence-electron chi connectivity index (χ3n) is 4.58. The smallest absolute Gasteiger partial charge is 0.320 e. The van der Waals surface area contributed by atoms with Crippen LogP contribution in [0.1, 0.15) is 32.6 Å². The second-order valence-electron chi connectivity index (χ2n) is 6.34. The van der Waals surface area contributed by atoms with E-state index in [-0.39, 0.29) is 12.1 Å². The van der Waals surface area contributed by atoms with Gasteiger partial charge in [-0.3, -0.25) is 5.32 Å². The molecule has 1 aliphatic rings. The number of aryl methyl sites for hydroxylation is 2. The van der Waals surface area contributed by atoms with E-state index in [2.05, 4.69) is 22.5 Å². The summed E-state index contributed by atoms with van der Waals surface area (Å²) in [6.45, 7) is 2.21. The molecular formula is C16H24N5O+. The number of amides is 2. The first-order valence-electron chi connectivity index (χ1n) is 7.94. The first-order valence-corrected chi connectivity index (χ1v) is 7.94. The summed E-state index contributed by atoms with van der Waals surface area (Å²) in [5.74, 6) is 1.11. The predicted octanol–water partition coefficient (Wildman–Crippen LogP) is 2.10. The first kappa shape index (κ1) is 14.8. The molecule has 6 nitrogen and oxygen atoms in total. The van der Waals surface area contributed by atoms with Crippen LogP contribution in [-0.2, 0) is 14.1 Å². The highest BCUT2D eigenvalue weighted by molar-refractivity contribution is 5.88. The number of carbonyl (C=O) groups excluding carboxylic acids is 1. The Morgan fingerprint density at radius 2 is 2.18 bits per heavy atom. The highest BCUT2D eigenvalue weighted by Crippen LogP contribution is 2.23. The van der Waals surface area contributed by atoms with Gasteiger partial charge in [-0.1, -0.05) is 19.8 Å². The van der Waals surface area contributed by atoms with E-state index < -0.39 is 0 Å². The molecule has 118 valence electrons. The van der Waals surface area contributed by atoms with E-state index in [1.807, 2.05) is 41.7 Å². The van der Waals surface area contributed by atoms with Gasteiger partial charge in [0.15, 0.2) is 11.3 Å². The van der Waals surface area contributed by atoms with E-state index in [4.69, 9.17) is 0 Å². The molecule has 2 unspecified atom stereocenters. The largest absolute Gasteiger partial charge is 0.335 e. The monoisotopic (exact) mass is 302 g/mol. The fourth-order valence-corrected chi connectivity index (χ4v) is 3.34. The van der Waals surface area contributed by atoms with Gasteiger partial charge in [0, 0.05) is 12.1 Å². The Balaban J connectivity index is 1.71. The third-order valence-corrected chi connectivity index (χ3v) is 4.58. The van der Waals surface area contributed by atoms with Crippen molar-refractivity contribution in [1.82, 2.24) is 14.9 Å². The van der Waals surface area contributed by atoms with E-state index in [0.29, 0.717) is 11.7 Å².